The summed E-state index contributed by atoms with van der Waals surface area (Å²) in [5, 5.41) is 2.68. The van der Waals surface area contributed by atoms with Gasteiger partial charge in [0.2, 0.25) is 0 Å². The number of rotatable bonds is 3. The molecular formula is C21H23O2P. The molecule has 0 unspecified atom stereocenters. The van der Waals surface area contributed by atoms with E-state index in [9.17, 15) is 4.57 Å². The number of allylic oxidation sites excluding steroid dienone is 3. The van der Waals surface area contributed by atoms with Gasteiger partial charge in [0.15, 0.2) is 7.14 Å². The third-order valence-electron chi connectivity index (χ3n) is 4.34. The van der Waals surface area contributed by atoms with Gasteiger partial charge in [-0.2, -0.15) is 0 Å². The Morgan fingerprint density at radius 2 is 1.38 bits per heavy atom. The first-order valence-corrected chi connectivity index (χ1v) is 10.1. The lowest BCUT2D eigenvalue weighted by molar-refractivity contribution is 0.218. The zero-order valence-electron chi connectivity index (χ0n) is 14.0. The minimum atomic E-state index is -2.90. The standard InChI is InChI=1S/C21H23O2P/c1-18-21(16-10-2-3-11-17-23-18)24(22,19-12-6-4-7-13-19)20-14-8-5-9-15-20/h2-9,12-15H,10-11,16-17H2,1H3/b3-2-,21-18+. The summed E-state index contributed by atoms with van der Waals surface area (Å²) in [7, 11) is -2.90. The van der Waals surface area contributed by atoms with Crippen LogP contribution in [0.1, 0.15) is 26.2 Å². The van der Waals surface area contributed by atoms with Crippen LogP contribution in [0.2, 0.25) is 0 Å². The fourth-order valence-electron chi connectivity index (χ4n) is 3.11. The van der Waals surface area contributed by atoms with Crippen LogP contribution in [-0.4, -0.2) is 6.61 Å². The molecule has 0 aromatic heterocycles. The number of hydrogen-bond acceptors (Lipinski definition) is 2. The SMILES string of the molecule is C/C1=C(\P(=O)(c2ccccc2)c2ccccc2)CC/C=C\CCO1. The lowest BCUT2D eigenvalue weighted by Crippen LogP contribution is -2.18. The summed E-state index contributed by atoms with van der Waals surface area (Å²) in [6.45, 7) is 2.59. The second-order valence-electron chi connectivity index (χ2n) is 5.93. The molecule has 0 atom stereocenters. The normalized spacial score (nSPS) is 20.4. The summed E-state index contributed by atoms with van der Waals surface area (Å²) in [6, 6.07) is 19.6. The molecule has 3 heteroatoms. The average molecular weight is 338 g/mol. The van der Waals surface area contributed by atoms with E-state index in [1.807, 2.05) is 67.6 Å². The van der Waals surface area contributed by atoms with Crippen LogP contribution in [0.3, 0.4) is 0 Å². The smallest absolute Gasteiger partial charge is 0.170 e. The van der Waals surface area contributed by atoms with Crippen LogP contribution >= 0.6 is 7.14 Å². The van der Waals surface area contributed by atoms with Gasteiger partial charge in [-0.3, -0.25) is 0 Å². The van der Waals surface area contributed by atoms with Gasteiger partial charge in [0.1, 0.15) is 5.76 Å². The highest BCUT2D eigenvalue weighted by Crippen LogP contribution is 2.55. The molecule has 1 aliphatic heterocycles. The topological polar surface area (TPSA) is 26.3 Å². The number of ether oxygens (including phenoxy) is 1. The quantitative estimate of drug-likeness (QED) is 0.582. The molecule has 1 heterocycles. The van der Waals surface area contributed by atoms with Crippen LogP contribution in [-0.2, 0) is 9.30 Å². The fraction of sp³-hybridized carbons (Fsp3) is 0.238. The molecule has 3 rings (SSSR count). The Balaban J connectivity index is 2.19. The van der Waals surface area contributed by atoms with Gasteiger partial charge in [-0.1, -0.05) is 72.8 Å². The van der Waals surface area contributed by atoms with Gasteiger partial charge in [0.05, 0.1) is 6.61 Å². The van der Waals surface area contributed by atoms with Crippen molar-refractivity contribution in [2.75, 3.05) is 6.61 Å². The van der Waals surface area contributed by atoms with E-state index in [4.69, 9.17) is 4.74 Å². The Bertz CT molecular complexity index is 733. The molecule has 0 fully saturated rings. The highest BCUT2D eigenvalue weighted by atomic mass is 31.2. The van der Waals surface area contributed by atoms with Crippen molar-refractivity contribution >= 4 is 17.8 Å². The van der Waals surface area contributed by atoms with Crippen molar-refractivity contribution in [2.45, 2.75) is 26.2 Å². The zero-order valence-corrected chi connectivity index (χ0v) is 14.9. The van der Waals surface area contributed by atoms with Crippen LogP contribution in [0.25, 0.3) is 0 Å². The molecule has 2 nitrogen and oxygen atoms in total. The summed E-state index contributed by atoms with van der Waals surface area (Å²) >= 11 is 0. The third kappa shape index (κ3) is 3.39. The number of benzene rings is 2. The maximum Gasteiger partial charge on any atom is 0.170 e. The molecule has 0 aliphatic carbocycles. The summed E-state index contributed by atoms with van der Waals surface area (Å²) in [4.78, 5) is 0. The van der Waals surface area contributed by atoms with Gasteiger partial charge in [-0.25, -0.2) is 0 Å². The largest absolute Gasteiger partial charge is 0.497 e. The second-order valence-corrected chi connectivity index (χ2v) is 8.72. The Hall–Kier alpha value is -2.05. The molecule has 1 aliphatic rings. The molecule has 0 saturated carbocycles. The number of hydrogen-bond donors (Lipinski definition) is 0. The van der Waals surface area contributed by atoms with E-state index in [-0.39, 0.29) is 0 Å². The fourth-order valence-corrected chi connectivity index (χ4v) is 6.17. The molecule has 2 aromatic rings. The Kier molecular flexibility index (Phi) is 5.37. The molecule has 0 saturated heterocycles. The van der Waals surface area contributed by atoms with Crippen molar-refractivity contribution in [1.82, 2.24) is 0 Å². The van der Waals surface area contributed by atoms with Crippen LogP contribution in [0.4, 0.5) is 0 Å². The van der Waals surface area contributed by atoms with E-state index in [0.29, 0.717) is 6.61 Å². The van der Waals surface area contributed by atoms with Crippen molar-refractivity contribution in [3.8, 4) is 0 Å². The van der Waals surface area contributed by atoms with Crippen molar-refractivity contribution in [3.63, 3.8) is 0 Å². The minimum Gasteiger partial charge on any atom is -0.497 e. The molecule has 0 spiro atoms. The van der Waals surface area contributed by atoms with Crippen LogP contribution in [0.15, 0.2) is 83.9 Å². The minimum absolute atomic E-state index is 0.634. The monoisotopic (exact) mass is 338 g/mol. The second kappa shape index (κ2) is 7.68. The first-order chi connectivity index (χ1) is 11.7. The highest BCUT2D eigenvalue weighted by molar-refractivity contribution is 7.82. The average Bonchev–Trinajstić information content (AvgIpc) is 2.75. The van der Waals surface area contributed by atoms with Gasteiger partial charge >= 0.3 is 0 Å². The Morgan fingerprint density at radius 1 is 0.833 bits per heavy atom. The van der Waals surface area contributed by atoms with E-state index in [2.05, 4.69) is 12.2 Å². The van der Waals surface area contributed by atoms with E-state index >= 15 is 0 Å². The van der Waals surface area contributed by atoms with Crippen LogP contribution in [0.5, 0.6) is 0 Å². The first-order valence-electron chi connectivity index (χ1n) is 8.42. The molecule has 0 bridgehead atoms. The summed E-state index contributed by atoms with van der Waals surface area (Å²) in [5.74, 6) is 0.815. The van der Waals surface area contributed by atoms with Gasteiger partial charge in [-0.05, 0) is 26.2 Å². The molecule has 0 radical (unpaired) electrons. The van der Waals surface area contributed by atoms with Gasteiger partial charge in [0.25, 0.3) is 0 Å². The van der Waals surface area contributed by atoms with Crippen molar-refractivity contribution in [1.29, 1.82) is 0 Å². The van der Waals surface area contributed by atoms with Crippen molar-refractivity contribution in [3.05, 3.63) is 83.9 Å². The van der Waals surface area contributed by atoms with Gasteiger partial charge < -0.3 is 9.30 Å². The van der Waals surface area contributed by atoms with Crippen molar-refractivity contribution < 1.29 is 9.30 Å². The highest BCUT2D eigenvalue weighted by Gasteiger charge is 2.33. The van der Waals surface area contributed by atoms with E-state index in [1.54, 1.807) is 0 Å². The van der Waals surface area contributed by atoms with Gasteiger partial charge in [0, 0.05) is 15.9 Å². The molecule has 0 N–H and O–H groups in total. The summed E-state index contributed by atoms with van der Waals surface area (Å²) < 4.78 is 20.3. The van der Waals surface area contributed by atoms with E-state index in [1.165, 1.54) is 0 Å². The molecule has 24 heavy (non-hydrogen) atoms. The zero-order chi connectivity index (χ0) is 16.8. The summed E-state index contributed by atoms with van der Waals surface area (Å²) in [6.07, 6.45) is 6.85. The maximum atomic E-state index is 14.4. The molecule has 124 valence electrons. The lowest BCUT2D eigenvalue weighted by Gasteiger charge is -2.24. The first kappa shape index (κ1) is 16.8. The van der Waals surface area contributed by atoms with Crippen molar-refractivity contribution in [2.24, 2.45) is 0 Å². The molecule has 0 amide bonds. The van der Waals surface area contributed by atoms with Crippen LogP contribution < -0.4 is 10.6 Å². The van der Waals surface area contributed by atoms with E-state index < -0.39 is 7.14 Å². The third-order valence-corrected chi connectivity index (χ3v) is 7.69. The maximum absolute atomic E-state index is 14.4. The van der Waals surface area contributed by atoms with E-state index in [0.717, 1.165) is 40.9 Å². The lowest BCUT2D eigenvalue weighted by atomic mass is 10.2. The Morgan fingerprint density at radius 3 is 1.96 bits per heavy atom. The molecule has 2 aromatic carbocycles. The predicted octanol–water partition coefficient (Wildman–Crippen LogP) is 4.99. The molecular weight excluding hydrogens is 315 g/mol. The van der Waals surface area contributed by atoms with Crippen LogP contribution in [0, 0.1) is 0 Å². The predicted molar refractivity (Wildman–Crippen MR) is 101 cm³/mol. The summed E-state index contributed by atoms with van der Waals surface area (Å²) in [5.41, 5.74) is 0. The van der Waals surface area contributed by atoms with Gasteiger partial charge in [-0.15, -0.1) is 0 Å². The Labute approximate surface area is 144 Å².